The molecule has 1 aromatic rings. The summed E-state index contributed by atoms with van der Waals surface area (Å²) in [6, 6.07) is 5.35. The first-order chi connectivity index (χ1) is 12.3. The zero-order chi connectivity index (χ0) is 19.2. The van der Waals surface area contributed by atoms with Gasteiger partial charge in [-0.3, -0.25) is 9.69 Å². The third-order valence-corrected chi connectivity index (χ3v) is 4.89. The molecule has 1 fully saturated rings. The molecule has 0 atom stereocenters. The molecule has 5 nitrogen and oxygen atoms in total. The van der Waals surface area contributed by atoms with Gasteiger partial charge in [0.25, 0.3) is 5.91 Å². The molecule has 1 aromatic carbocycles. The fourth-order valence-corrected chi connectivity index (χ4v) is 3.19. The van der Waals surface area contributed by atoms with Gasteiger partial charge in [-0.1, -0.05) is 20.3 Å². The predicted octanol–water partition coefficient (Wildman–Crippen LogP) is 3.72. The molecule has 1 N–H and O–H groups in total. The Hall–Kier alpha value is -1.75. The van der Waals surface area contributed by atoms with Crippen molar-refractivity contribution in [3.8, 4) is 11.5 Å². The van der Waals surface area contributed by atoms with E-state index in [4.69, 9.17) is 9.47 Å². The van der Waals surface area contributed by atoms with Crippen LogP contribution in [0.5, 0.6) is 11.5 Å². The lowest BCUT2D eigenvalue weighted by molar-refractivity contribution is 0.0797. The average Bonchev–Trinajstić information content (AvgIpc) is 2.65. The fourth-order valence-electron chi connectivity index (χ4n) is 3.19. The Morgan fingerprint density at radius 3 is 2.50 bits per heavy atom. The highest BCUT2D eigenvalue weighted by atomic mass is 16.5. The van der Waals surface area contributed by atoms with Crippen LogP contribution in [0.15, 0.2) is 18.2 Å². The van der Waals surface area contributed by atoms with Crippen LogP contribution in [-0.4, -0.2) is 49.7 Å². The van der Waals surface area contributed by atoms with Crippen molar-refractivity contribution in [2.75, 3.05) is 33.4 Å². The first kappa shape index (κ1) is 20.6. The molecule has 0 aromatic heterocycles. The van der Waals surface area contributed by atoms with Gasteiger partial charge in [-0.15, -0.1) is 0 Å². The largest absolute Gasteiger partial charge is 0.493 e. The van der Waals surface area contributed by atoms with Crippen LogP contribution < -0.4 is 14.8 Å². The maximum absolute atomic E-state index is 12.6. The molecule has 0 spiro atoms. The van der Waals surface area contributed by atoms with E-state index in [0.29, 0.717) is 36.1 Å². The number of nitrogens with zero attached hydrogens (tertiary/aromatic N) is 1. The van der Waals surface area contributed by atoms with Crippen LogP contribution in [0.4, 0.5) is 0 Å². The maximum atomic E-state index is 12.6. The van der Waals surface area contributed by atoms with Gasteiger partial charge in [-0.05, 0) is 63.9 Å². The van der Waals surface area contributed by atoms with Gasteiger partial charge in [0.1, 0.15) is 0 Å². The second kappa shape index (κ2) is 9.26. The number of ether oxygens (including phenoxy) is 2. The molecule has 2 rings (SSSR count). The Morgan fingerprint density at radius 1 is 1.19 bits per heavy atom. The summed E-state index contributed by atoms with van der Waals surface area (Å²) in [7, 11) is 1.60. The molecule has 1 amide bonds. The molecule has 146 valence electrons. The third kappa shape index (κ3) is 5.63. The van der Waals surface area contributed by atoms with E-state index in [-0.39, 0.29) is 11.4 Å². The molecule has 5 heteroatoms. The maximum Gasteiger partial charge on any atom is 0.251 e. The number of rotatable bonds is 8. The van der Waals surface area contributed by atoms with Crippen molar-refractivity contribution in [1.82, 2.24) is 10.2 Å². The predicted molar refractivity (Wildman–Crippen MR) is 105 cm³/mol. The molecule has 0 aliphatic carbocycles. The summed E-state index contributed by atoms with van der Waals surface area (Å²) in [5.41, 5.74) is 0.550. The lowest BCUT2D eigenvalue weighted by Gasteiger charge is -2.41. The van der Waals surface area contributed by atoms with E-state index >= 15 is 0 Å². The zero-order valence-corrected chi connectivity index (χ0v) is 16.9. The number of hydrogen-bond acceptors (Lipinski definition) is 4. The second-order valence-electron chi connectivity index (χ2n) is 8.11. The molecular formula is C21H34N2O3. The summed E-state index contributed by atoms with van der Waals surface area (Å²) in [5.74, 6) is 1.61. The monoisotopic (exact) mass is 362 g/mol. The van der Waals surface area contributed by atoms with E-state index < -0.39 is 0 Å². The number of carbonyl (C=O) groups excluding carboxylic acids is 1. The zero-order valence-electron chi connectivity index (χ0n) is 16.9. The van der Waals surface area contributed by atoms with Crippen LogP contribution in [0.1, 0.15) is 57.3 Å². The number of benzene rings is 1. The highest BCUT2D eigenvalue weighted by Gasteiger charge is 2.28. The lowest BCUT2D eigenvalue weighted by atomic mass is 9.98. The minimum atomic E-state index is -0.0798. The topological polar surface area (TPSA) is 50.8 Å². The van der Waals surface area contributed by atoms with Crippen LogP contribution in [-0.2, 0) is 0 Å². The van der Waals surface area contributed by atoms with Gasteiger partial charge >= 0.3 is 0 Å². The minimum Gasteiger partial charge on any atom is -0.493 e. The average molecular weight is 363 g/mol. The Labute approximate surface area is 158 Å². The van der Waals surface area contributed by atoms with Crippen LogP contribution in [0.3, 0.4) is 0 Å². The summed E-state index contributed by atoms with van der Waals surface area (Å²) >= 11 is 0. The van der Waals surface area contributed by atoms with E-state index in [1.807, 2.05) is 6.07 Å². The molecule has 0 saturated carbocycles. The van der Waals surface area contributed by atoms with Gasteiger partial charge in [0, 0.05) is 17.6 Å². The number of hydrogen-bond donors (Lipinski definition) is 1. The molecule has 1 saturated heterocycles. The molecule has 1 heterocycles. The number of methoxy groups -OCH3 is 1. The first-order valence-corrected chi connectivity index (χ1v) is 9.67. The van der Waals surface area contributed by atoms with Crippen LogP contribution in [0.2, 0.25) is 0 Å². The fraction of sp³-hybridized carbons (Fsp3) is 0.667. The van der Waals surface area contributed by atoms with Gasteiger partial charge in [0.05, 0.1) is 13.7 Å². The number of piperidine rings is 1. The van der Waals surface area contributed by atoms with Crippen molar-refractivity contribution in [3.05, 3.63) is 23.8 Å². The van der Waals surface area contributed by atoms with E-state index in [0.717, 1.165) is 13.1 Å². The van der Waals surface area contributed by atoms with Gasteiger partial charge < -0.3 is 14.8 Å². The highest BCUT2D eigenvalue weighted by molar-refractivity contribution is 5.94. The Kier molecular flexibility index (Phi) is 7.33. The standard InChI is InChI=1S/C21H34N2O3/c1-16(2)14-26-18-10-9-17(13-19(18)25-5)20(24)22-15-21(3,4)23-11-7-6-8-12-23/h9-10,13,16H,6-8,11-12,14-15H2,1-5H3,(H,22,24). The van der Waals surface area contributed by atoms with Crippen LogP contribution in [0, 0.1) is 5.92 Å². The van der Waals surface area contributed by atoms with Gasteiger partial charge in [0.15, 0.2) is 11.5 Å². The number of nitrogens with one attached hydrogen (secondary N) is 1. The van der Waals surface area contributed by atoms with Crippen molar-refractivity contribution in [2.45, 2.75) is 52.5 Å². The van der Waals surface area contributed by atoms with E-state index in [2.05, 4.69) is 37.9 Å². The smallest absolute Gasteiger partial charge is 0.251 e. The Balaban J connectivity index is 1.98. The van der Waals surface area contributed by atoms with Crippen molar-refractivity contribution in [2.24, 2.45) is 5.92 Å². The number of amides is 1. The van der Waals surface area contributed by atoms with Crippen molar-refractivity contribution < 1.29 is 14.3 Å². The molecule has 1 aliphatic heterocycles. The molecule has 0 unspecified atom stereocenters. The quantitative estimate of drug-likeness (QED) is 0.766. The van der Waals surface area contributed by atoms with Gasteiger partial charge in [0.2, 0.25) is 0 Å². The van der Waals surface area contributed by atoms with Crippen molar-refractivity contribution >= 4 is 5.91 Å². The molecule has 0 bridgehead atoms. The normalized spacial score (nSPS) is 15.8. The molecule has 26 heavy (non-hydrogen) atoms. The van der Waals surface area contributed by atoms with Crippen LogP contribution >= 0.6 is 0 Å². The lowest BCUT2D eigenvalue weighted by Crippen LogP contribution is -2.53. The summed E-state index contributed by atoms with van der Waals surface area (Å²) in [5, 5.41) is 3.08. The van der Waals surface area contributed by atoms with E-state index in [1.54, 1.807) is 19.2 Å². The van der Waals surface area contributed by atoms with Gasteiger partial charge in [-0.2, -0.15) is 0 Å². The highest BCUT2D eigenvalue weighted by Crippen LogP contribution is 2.28. The third-order valence-electron chi connectivity index (χ3n) is 4.89. The summed E-state index contributed by atoms with van der Waals surface area (Å²) in [4.78, 5) is 15.1. The van der Waals surface area contributed by atoms with Crippen molar-refractivity contribution in [1.29, 1.82) is 0 Å². The number of carbonyl (C=O) groups is 1. The second-order valence-corrected chi connectivity index (χ2v) is 8.11. The van der Waals surface area contributed by atoms with E-state index in [1.165, 1.54) is 19.3 Å². The number of likely N-dealkylation sites (tertiary alicyclic amines) is 1. The van der Waals surface area contributed by atoms with Crippen LogP contribution in [0.25, 0.3) is 0 Å². The molecular weight excluding hydrogens is 328 g/mol. The molecule has 0 radical (unpaired) electrons. The first-order valence-electron chi connectivity index (χ1n) is 9.67. The molecule has 1 aliphatic rings. The Morgan fingerprint density at radius 2 is 1.88 bits per heavy atom. The summed E-state index contributed by atoms with van der Waals surface area (Å²) in [6.45, 7) is 12.0. The SMILES string of the molecule is COc1cc(C(=O)NCC(C)(C)N2CCCCC2)ccc1OCC(C)C. The minimum absolute atomic E-state index is 0.0412. The van der Waals surface area contributed by atoms with Gasteiger partial charge in [-0.25, -0.2) is 0 Å². The summed E-state index contributed by atoms with van der Waals surface area (Å²) in [6.07, 6.45) is 3.79. The summed E-state index contributed by atoms with van der Waals surface area (Å²) < 4.78 is 11.2. The van der Waals surface area contributed by atoms with Crippen molar-refractivity contribution in [3.63, 3.8) is 0 Å². The van der Waals surface area contributed by atoms with E-state index in [9.17, 15) is 4.79 Å². The Bertz CT molecular complexity index is 593.